The first-order valence-corrected chi connectivity index (χ1v) is 12.5. The van der Waals surface area contributed by atoms with Gasteiger partial charge in [-0.3, -0.25) is 0 Å². The predicted molar refractivity (Wildman–Crippen MR) is 88.6 cm³/mol. The molecule has 0 atom stereocenters. The number of rotatable bonds is 0. The Bertz CT molecular complexity index is 593. The van der Waals surface area contributed by atoms with Crippen LogP contribution in [-0.2, 0) is 0 Å². The molecule has 4 heteroatoms. The normalized spacial score (nSPS) is 14.8. The molecule has 20 heavy (non-hydrogen) atoms. The molecule has 2 nitrogen and oxygen atoms in total. The summed E-state index contributed by atoms with van der Waals surface area (Å²) in [5.41, 5.74) is 2.55. The SMILES string of the molecule is C1=NCCN=Cc2ccccc2[Se][Se]c2ccccc21. The van der Waals surface area contributed by atoms with Crippen LogP contribution in [0.15, 0.2) is 58.5 Å². The molecule has 2 aromatic rings. The zero-order valence-corrected chi connectivity index (χ0v) is 14.3. The molecule has 0 fully saturated rings. The Morgan fingerprint density at radius 2 is 1.10 bits per heavy atom. The van der Waals surface area contributed by atoms with Crippen molar-refractivity contribution < 1.29 is 0 Å². The second-order valence-corrected chi connectivity index (χ2v) is 10.5. The van der Waals surface area contributed by atoms with E-state index in [1.807, 2.05) is 12.4 Å². The second kappa shape index (κ2) is 7.01. The van der Waals surface area contributed by atoms with Crippen LogP contribution in [0.3, 0.4) is 0 Å². The zero-order chi connectivity index (χ0) is 13.6. The summed E-state index contributed by atoms with van der Waals surface area (Å²) in [6.45, 7) is 1.51. The van der Waals surface area contributed by atoms with Gasteiger partial charge in [0.15, 0.2) is 0 Å². The third kappa shape index (κ3) is 3.47. The first-order valence-electron chi connectivity index (χ1n) is 6.46. The number of fused-ring (bicyclic) bond motifs is 2. The van der Waals surface area contributed by atoms with Crippen molar-refractivity contribution in [1.82, 2.24) is 0 Å². The molecule has 100 valence electrons. The number of benzene rings is 2. The van der Waals surface area contributed by atoms with E-state index >= 15 is 0 Å². The van der Waals surface area contributed by atoms with E-state index in [4.69, 9.17) is 0 Å². The first-order chi connectivity index (χ1) is 9.93. The topological polar surface area (TPSA) is 24.7 Å². The van der Waals surface area contributed by atoms with Crippen LogP contribution in [-0.4, -0.2) is 51.8 Å². The van der Waals surface area contributed by atoms with Crippen molar-refractivity contribution in [3.8, 4) is 0 Å². The zero-order valence-electron chi connectivity index (χ0n) is 10.9. The molecule has 0 saturated carbocycles. The van der Waals surface area contributed by atoms with Crippen LogP contribution in [0.5, 0.6) is 0 Å². The molecule has 2 aromatic carbocycles. The van der Waals surface area contributed by atoms with E-state index in [0.29, 0.717) is 26.3 Å². The van der Waals surface area contributed by atoms with Crippen LogP contribution in [0.2, 0.25) is 0 Å². The van der Waals surface area contributed by atoms with Crippen LogP contribution >= 0.6 is 0 Å². The van der Waals surface area contributed by atoms with E-state index in [0.717, 1.165) is 13.1 Å². The molecule has 0 unspecified atom stereocenters. The van der Waals surface area contributed by atoms with Crippen LogP contribution in [0.4, 0.5) is 0 Å². The summed E-state index contributed by atoms with van der Waals surface area (Å²) in [6.07, 6.45) is 4.02. The van der Waals surface area contributed by atoms with Gasteiger partial charge in [-0.1, -0.05) is 0 Å². The van der Waals surface area contributed by atoms with Crippen molar-refractivity contribution in [2.45, 2.75) is 0 Å². The fourth-order valence-corrected chi connectivity index (χ4v) is 8.97. The first kappa shape index (κ1) is 13.8. The van der Waals surface area contributed by atoms with Crippen LogP contribution in [0, 0.1) is 0 Å². The van der Waals surface area contributed by atoms with E-state index in [1.54, 1.807) is 0 Å². The molecule has 0 aliphatic carbocycles. The van der Waals surface area contributed by atoms with E-state index in [1.165, 1.54) is 20.1 Å². The van der Waals surface area contributed by atoms with Crippen molar-refractivity contribution in [3.05, 3.63) is 59.7 Å². The molecule has 0 saturated heterocycles. The number of hydrogen-bond acceptors (Lipinski definition) is 2. The molecule has 3 rings (SSSR count). The van der Waals surface area contributed by atoms with Gasteiger partial charge in [0.2, 0.25) is 0 Å². The molecule has 0 bridgehead atoms. The maximum atomic E-state index is 4.48. The van der Waals surface area contributed by atoms with E-state index in [2.05, 4.69) is 58.5 Å². The average molecular weight is 392 g/mol. The quantitative estimate of drug-likeness (QED) is 0.594. The maximum absolute atomic E-state index is 4.48. The average Bonchev–Trinajstić information content (AvgIpc) is 2.49. The van der Waals surface area contributed by atoms with Gasteiger partial charge in [-0.05, 0) is 0 Å². The van der Waals surface area contributed by atoms with Crippen molar-refractivity contribution in [3.63, 3.8) is 0 Å². The molecule has 0 aromatic heterocycles. The van der Waals surface area contributed by atoms with Gasteiger partial charge >= 0.3 is 130 Å². The fraction of sp³-hybridized carbons (Fsp3) is 0.125. The summed E-state index contributed by atoms with van der Waals surface area (Å²) in [5, 5.41) is 0. The van der Waals surface area contributed by atoms with Gasteiger partial charge in [-0.15, -0.1) is 0 Å². The van der Waals surface area contributed by atoms with Crippen LogP contribution in [0.1, 0.15) is 11.1 Å². The minimum atomic E-state index is 0.485. The van der Waals surface area contributed by atoms with Crippen LogP contribution < -0.4 is 8.92 Å². The van der Waals surface area contributed by atoms with E-state index < -0.39 is 0 Å². The van der Waals surface area contributed by atoms with Gasteiger partial charge in [0.1, 0.15) is 0 Å². The van der Waals surface area contributed by atoms with Gasteiger partial charge in [-0.25, -0.2) is 0 Å². The Morgan fingerprint density at radius 3 is 1.60 bits per heavy atom. The Labute approximate surface area is 130 Å². The number of hydrogen-bond donors (Lipinski definition) is 0. The van der Waals surface area contributed by atoms with Crippen molar-refractivity contribution >= 4 is 47.6 Å². The Kier molecular flexibility index (Phi) is 4.83. The van der Waals surface area contributed by atoms with Crippen molar-refractivity contribution in [2.24, 2.45) is 9.98 Å². The minimum absolute atomic E-state index is 0.485. The molecule has 1 aliphatic rings. The third-order valence-corrected chi connectivity index (χ3v) is 10.2. The molecule has 1 heterocycles. The Hall–Kier alpha value is -1.18. The van der Waals surface area contributed by atoms with E-state index in [9.17, 15) is 0 Å². The summed E-state index contributed by atoms with van der Waals surface area (Å²) < 4.78 is 2.91. The second-order valence-electron chi connectivity index (χ2n) is 4.31. The molecule has 0 spiro atoms. The van der Waals surface area contributed by atoms with Crippen molar-refractivity contribution in [1.29, 1.82) is 0 Å². The standard InChI is InChI=1S/C16H14N2Se2/c1-3-7-15-13(5-1)11-17-9-10-18-12-14-6-2-4-8-16(14)20-19-15/h1-8,11-12H,9-10H2. The van der Waals surface area contributed by atoms with Crippen molar-refractivity contribution in [2.75, 3.05) is 13.1 Å². The van der Waals surface area contributed by atoms with E-state index in [-0.39, 0.29) is 0 Å². The van der Waals surface area contributed by atoms with Gasteiger partial charge in [0.25, 0.3) is 0 Å². The van der Waals surface area contributed by atoms with Gasteiger partial charge in [-0.2, -0.15) is 0 Å². The summed E-state index contributed by atoms with van der Waals surface area (Å²) >= 11 is 0.970. The fourth-order valence-electron chi connectivity index (χ4n) is 1.86. The molecule has 0 amide bonds. The molecule has 0 N–H and O–H groups in total. The van der Waals surface area contributed by atoms with Gasteiger partial charge in [0.05, 0.1) is 0 Å². The molecule has 1 aliphatic heterocycles. The summed E-state index contributed by atoms with van der Waals surface area (Å²) in [6, 6.07) is 17.2. The molecular formula is C16H14N2Se2. The summed E-state index contributed by atoms with van der Waals surface area (Å²) in [4.78, 5) is 8.96. The third-order valence-electron chi connectivity index (χ3n) is 2.88. The molecule has 0 radical (unpaired) electrons. The predicted octanol–water partition coefficient (Wildman–Crippen LogP) is 0.812. The Balaban J connectivity index is 1.95. The number of nitrogens with zero attached hydrogens (tertiary/aromatic N) is 2. The van der Waals surface area contributed by atoms with Gasteiger partial charge in [0, 0.05) is 0 Å². The number of aliphatic imine (C=N–C) groups is 2. The van der Waals surface area contributed by atoms with Gasteiger partial charge < -0.3 is 0 Å². The summed E-state index contributed by atoms with van der Waals surface area (Å²) in [7, 11) is 0. The molecular weight excluding hydrogens is 378 g/mol. The Morgan fingerprint density at radius 1 is 0.650 bits per heavy atom. The monoisotopic (exact) mass is 394 g/mol. The van der Waals surface area contributed by atoms with Crippen LogP contribution in [0.25, 0.3) is 0 Å². The summed E-state index contributed by atoms with van der Waals surface area (Å²) in [5.74, 6) is 0.